The van der Waals surface area contributed by atoms with E-state index in [1.165, 1.54) is 64.7 Å². The molecule has 4 saturated heterocycles. The van der Waals surface area contributed by atoms with Crippen molar-refractivity contribution in [2.75, 3.05) is 26.2 Å². The van der Waals surface area contributed by atoms with Crippen molar-refractivity contribution in [3.8, 4) is 0 Å². The van der Waals surface area contributed by atoms with Crippen molar-refractivity contribution in [1.29, 1.82) is 0 Å². The lowest BCUT2D eigenvalue weighted by Gasteiger charge is -2.57. The van der Waals surface area contributed by atoms with Gasteiger partial charge in [-0.2, -0.15) is 8.42 Å². The Morgan fingerprint density at radius 2 is 1.00 bits per heavy atom. The molecule has 0 amide bonds. The van der Waals surface area contributed by atoms with Gasteiger partial charge in [-0.1, -0.05) is 12.8 Å². The van der Waals surface area contributed by atoms with Crippen LogP contribution in [0.3, 0.4) is 0 Å². The molecule has 4 rings (SSSR count). The Bertz CT molecular complexity index is 458. The average molecular weight is 423 g/mol. The molecule has 168 valence electrons. The largest absolute Gasteiger partial charge is 0.412 e. The van der Waals surface area contributed by atoms with Crippen molar-refractivity contribution in [1.82, 2.24) is 9.80 Å². The second kappa shape index (κ2) is 12.9. The van der Waals surface area contributed by atoms with Crippen molar-refractivity contribution in [3.63, 3.8) is 0 Å². The molecule has 11 nitrogen and oxygen atoms in total. The van der Waals surface area contributed by atoms with Gasteiger partial charge >= 0.3 is 10.4 Å². The molecule has 0 aromatic heterocycles. The zero-order valence-electron chi connectivity index (χ0n) is 15.6. The molecule has 0 saturated carbocycles. The van der Waals surface area contributed by atoms with Crippen LogP contribution in [0, 0.1) is 11.8 Å². The number of hydrogen-bond acceptors (Lipinski definition) is 4. The highest BCUT2D eigenvalue weighted by Crippen LogP contribution is 2.42. The van der Waals surface area contributed by atoms with Crippen LogP contribution in [-0.2, 0) is 10.4 Å². The standard InChI is InChI=1S/C15H26N2.H2O4S.5H2O/c1-3-7-16-11-13-9-12(14(16)5-1)10-17-8-4-2-6-15(13)17;1-5(2,3)4;;;;;/h12-15H,1-11H2;(H2,1,2,3,4);5*1H2/t12-,13-,14-,15+;;;;;;/m1....../s1. The molecular weight excluding hydrogens is 384 g/mol. The molecule has 0 spiro atoms. The van der Waals surface area contributed by atoms with E-state index in [-0.39, 0.29) is 27.4 Å². The maximum atomic E-state index is 8.74. The third-order valence-electron chi connectivity index (χ3n) is 5.96. The Balaban J connectivity index is -0.000000524. The minimum Gasteiger partial charge on any atom is -0.412 e. The van der Waals surface area contributed by atoms with E-state index in [9.17, 15) is 0 Å². The molecule has 2 bridgehead atoms. The zero-order valence-corrected chi connectivity index (χ0v) is 16.4. The summed E-state index contributed by atoms with van der Waals surface area (Å²) in [4.78, 5) is 5.74. The quantitative estimate of drug-likeness (QED) is 0.402. The first kappa shape index (κ1) is 31.3. The van der Waals surface area contributed by atoms with Gasteiger partial charge in [0.2, 0.25) is 0 Å². The van der Waals surface area contributed by atoms with Crippen LogP contribution in [0.25, 0.3) is 0 Å². The van der Waals surface area contributed by atoms with E-state index in [1.54, 1.807) is 6.42 Å². The topological polar surface area (TPSA) is 239 Å². The monoisotopic (exact) mass is 422 g/mol. The summed E-state index contributed by atoms with van der Waals surface area (Å²) in [6.45, 7) is 5.68. The van der Waals surface area contributed by atoms with E-state index >= 15 is 0 Å². The molecule has 0 aromatic rings. The second-order valence-corrected chi connectivity index (χ2v) is 8.22. The van der Waals surface area contributed by atoms with Crippen LogP contribution >= 0.6 is 0 Å². The number of piperidine rings is 4. The summed E-state index contributed by atoms with van der Waals surface area (Å²) >= 11 is 0. The molecule has 0 radical (unpaired) electrons. The highest BCUT2D eigenvalue weighted by molar-refractivity contribution is 7.79. The van der Waals surface area contributed by atoms with E-state index in [1.807, 2.05) is 0 Å². The van der Waals surface area contributed by atoms with Gasteiger partial charge in [-0.05, 0) is 57.0 Å². The van der Waals surface area contributed by atoms with E-state index in [2.05, 4.69) is 9.80 Å². The van der Waals surface area contributed by atoms with Crippen LogP contribution in [0.1, 0.15) is 44.9 Å². The third kappa shape index (κ3) is 8.23. The molecule has 4 aliphatic heterocycles. The Kier molecular flexibility index (Phi) is 15.0. The summed E-state index contributed by atoms with van der Waals surface area (Å²) in [5.41, 5.74) is 0. The second-order valence-electron chi connectivity index (χ2n) is 7.32. The summed E-state index contributed by atoms with van der Waals surface area (Å²) in [6.07, 6.45) is 10.5. The fraction of sp³-hybridized carbons (Fsp3) is 1.00. The maximum absolute atomic E-state index is 8.74. The number of hydrogen-bond donors (Lipinski definition) is 2. The van der Waals surface area contributed by atoms with Gasteiger partial charge in [-0.15, -0.1) is 0 Å². The summed E-state index contributed by atoms with van der Waals surface area (Å²) in [5.74, 6) is 2.03. The Hall–Kier alpha value is -0.410. The summed E-state index contributed by atoms with van der Waals surface area (Å²) in [7, 11) is -4.67. The fourth-order valence-corrected chi connectivity index (χ4v) is 5.25. The third-order valence-corrected chi connectivity index (χ3v) is 5.96. The van der Waals surface area contributed by atoms with E-state index < -0.39 is 10.4 Å². The summed E-state index contributed by atoms with van der Waals surface area (Å²) < 4.78 is 31.6. The molecule has 0 aromatic carbocycles. The van der Waals surface area contributed by atoms with Crippen LogP contribution < -0.4 is 0 Å². The summed E-state index contributed by atoms with van der Waals surface area (Å²) in [5, 5.41) is 0. The van der Waals surface area contributed by atoms with Crippen molar-refractivity contribution < 1.29 is 44.9 Å². The normalized spacial score (nSPS) is 31.9. The van der Waals surface area contributed by atoms with Gasteiger partial charge in [0.25, 0.3) is 0 Å². The first-order chi connectivity index (χ1) is 10.4. The number of fused-ring (bicyclic) bond motifs is 6. The van der Waals surface area contributed by atoms with Gasteiger partial charge in [0.1, 0.15) is 0 Å². The van der Waals surface area contributed by atoms with Gasteiger partial charge < -0.3 is 27.4 Å². The van der Waals surface area contributed by atoms with Crippen LogP contribution in [0.2, 0.25) is 0 Å². The lowest BCUT2D eigenvalue weighted by atomic mass is 9.71. The van der Waals surface area contributed by atoms with Crippen molar-refractivity contribution in [2.45, 2.75) is 57.0 Å². The van der Waals surface area contributed by atoms with Gasteiger partial charge in [-0.3, -0.25) is 18.9 Å². The molecule has 4 atom stereocenters. The number of rotatable bonds is 0. The highest BCUT2D eigenvalue weighted by Gasteiger charge is 2.46. The van der Waals surface area contributed by atoms with Crippen LogP contribution in [0.15, 0.2) is 0 Å². The minimum absolute atomic E-state index is 0. The van der Waals surface area contributed by atoms with Crippen molar-refractivity contribution in [3.05, 3.63) is 0 Å². The van der Waals surface area contributed by atoms with Crippen LogP contribution in [-0.4, -0.2) is 93.0 Å². The molecule has 12 N–H and O–H groups in total. The van der Waals surface area contributed by atoms with Gasteiger partial charge in [0.15, 0.2) is 0 Å². The predicted molar refractivity (Wildman–Crippen MR) is 102 cm³/mol. The van der Waals surface area contributed by atoms with Gasteiger partial charge in [0, 0.05) is 25.2 Å². The first-order valence-corrected chi connectivity index (χ1v) is 9.99. The van der Waals surface area contributed by atoms with Crippen molar-refractivity contribution >= 4 is 10.4 Å². The Morgan fingerprint density at radius 3 is 1.33 bits per heavy atom. The van der Waals surface area contributed by atoms with Crippen LogP contribution in [0.5, 0.6) is 0 Å². The van der Waals surface area contributed by atoms with E-state index in [0.717, 1.165) is 23.9 Å². The molecule has 4 heterocycles. The maximum Gasteiger partial charge on any atom is 0.394 e. The van der Waals surface area contributed by atoms with Gasteiger partial charge in [0.05, 0.1) is 0 Å². The Morgan fingerprint density at radius 1 is 0.667 bits per heavy atom. The van der Waals surface area contributed by atoms with Gasteiger partial charge in [-0.25, -0.2) is 0 Å². The molecule has 4 aliphatic rings. The molecule has 0 unspecified atom stereocenters. The van der Waals surface area contributed by atoms with E-state index in [0.29, 0.717) is 0 Å². The smallest absolute Gasteiger partial charge is 0.394 e. The lowest BCUT2D eigenvalue weighted by Crippen LogP contribution is -2.63. The van der Waals surface area contributed by atoms with E-state index in [4.69, 9.17) is 17.5 Å². The average Bonchev–Trinajstić information content (AvgIpc) is 2.46. The molecule has 4 fully saturated rings. The predicted octanol–water partition coefficient (Wildman–Crippen LogP) is -2.43. The van der Waals surface area contributed by atoms with Crippen LogP contribution in [0.4, 0.5) is 0 Å². The Labute approximate surface area is 160 Å². The SMILES string of the molecule is C1CCN2C[C@H]3C[C@H](CN4CCCC[C@@H]34)[C@H]2C1.O.O.O.O.O.O=S(=O)(O)O. The number of nitrogens with zero attached hydrogens (tertiary/aromatic N) is 2. The van der Waals surface area contributed by atoms with Crippen molar-refractivity contribution in [2.24, 2.45) is 11.8 Å². The first-order valence-electron chi connectivity index (χ1n) is 8.60. The zero-order chi connectivity index (χ0) is 15.7. The fourth-order valence-electron chi connectivity index (χ4n) is 5.25. The molecule has 12 heteroatoms. The molecular formula is C15H38N2O9S. The molecule has 27 heavy (non-hydrogen) atoms. The summed E-state index contributed by atoms with van der Waals surface area (Å²) in [6, 6.07) is 1.92. The lowest BCUT2D eigenvalue weighted by molar-refractivity contribution is -0.0718. The minimum atomic E-state index is -4.67. The molecule has 0 aliphatic carbocycles. The highest BCUT2D eigenvalue weighted by atomic mass is 32.3.